The van der Waals surface area contributed by atoms with Crippen LogP contribution in [0.5, 0.6) is 5.75 Å². The number of hydrogen-bond acceptors (Lipinski definition) is 3. The highest BCUT2D eigenvalue weighted by molar-refractivity contribution is 5.27. The second-order valence-corrected chi connectivity index (χ2v) is 7.49. The van der Waals surface area contributed by atoms with Crippen molar-refractivity contribution in [3.8, 4) is 11.8 Å². The summed E-state index contributed by atoms with van der Waals surface area (Å²) in [6.45, 7) is 9.98. The summed E-state index contributed by atoms with van der Waals surface area (Å²) >= 11 is 0. The molecule has 1 aromatic rings. The molecule has 3 nitrogen and oxygen atoms in total. The minimum absolute atomic E-state index is 0.165. The summed E-state index contributed by atoms with van der Waals surface area (Å²) in [4.78, 5) is 2.50. The maximum atomic E-state index is 9.22. The minimum Gasteiger partial charge on any atom is -0.497 e. The van der Waals surface area contributed by atoms with Crippen LogP contribution in [-0.2, 0) is 6.54 Å². The standard InChI is InChI=1S/C19H28N2O/c1-18(2,3)19(9-12-20)10-13-21(14-11-19)15-16-5-7-17(22-4)8-6-16/h5-8H,9-11,13-15H2,1-4H3. The van der Waals surface area contributed by atoms with Crippen LogP contribution >= 0.6 is 0 Å². The highest BCUT2D eigenvalue weighted by atomic mass is 16.5. The molecule has 3 heteroatoms. The largest absolute Gasteiger partial charge is 0.497 e. The van der Waals surface area contributed by atoms with Crippen LogP contribution in [-0.4, -0.2) is 25.1 Å². The lowest BCUT2D eigenvalue weighted by Gasteiger charge is -2.49. The number of methoxy groups -OCH3 is 1. The fourth-order valence-electron chi connectivity index (χ4n) is 3.47. The van der Waals surface area contributed by atoms with Crippen molar-refractivity contribution in [3.05, 3.63) is 29.8 Å². The van der Waals surface area contributed by atoms with Gasteiger partial charge in [0.05, 0.1) is 13.2 Å². The van der Waals surface area contributed by atoms with Gasteiger partial charge in [-0.25, -0.2) is 0 Å². The van der Waals surface area contributed by atoms with Crippen LogP contribution in [0.4, 0.5) is 0 Å². The molecule has 0 atom stereocenters. The van der Waals surface area contributed by atoms with E-state index >= 15 is 0 Å². The Balaban J connectivity index is 1.97. The first-order valence-electron chi connectivity index (χ1n) is 8.12. The topological polar surface area (TPSA) is 36.3 Å². The maximum absolute atomic E-state index is 9.22. The molecule has 0 bridgehead atoms. The molecular formula is C19H28N2O. The van der Waals surface area contributed by atoms with Crippen LogP contribution in [0.25, 0.3) is 0 Å². The summed E-state index contributed by atoms with van der Waals surface area (Å²) in [7, 11) is 1.70. The van der Waals surface area contributed by atoms with Crippen molar-refractivity contribution in [1.29, 1.82) is 5.26 Å². The van der Waals surface area contributed by atoms with E-state index in [2.05, 4.69) is 43.9 Å². The molecule has 0 radical (unpaired) electrons. The molecule has 0 unspecified atom stereocenters. The first-order valence-corrected chi connectivity index (χ1v) is 8.12. The fraction of sp³-hybridized carbons (Fsp3) is 0.632. The van der Waals surface area contributed by atoms with Crippen molar-refractivity contribution in [2.24, 2.45) is 10.8 Å². The molecule has 1 aliphatic rings. The Bertz CT molecular complexity index is 514. The van der Waals surface area contributed by atoms with Gasteiger partial charge in [0, 0.05) is 13.0 Å². The summed E-state index contributed by atoms with van der Waals surface area (Å²) in [6.07, 6.45) is 2.90. The van der Waals surface area contributed by atoms with E-state index in [9.17, 15) is 5.26 Å². The van der Waals surface area contributed by atoms with Gasteiger partial charge in [-0.2, -0.15) is 5.26 Å². The minimum atomic E-state index is 0.165. The number of nitrogens with zero attached hydrogens (tertiary/aromatic N) is 2. The molecular weight excluding hydrogens is 272 g/mol. The number of benzene rings is 1. The SMILES string of the molecule is COc1ccc(CN2CCC(CC#N)(C(C)(C)C)CC2)cc1. The lowest BCUT2D eigenvalue weighted by Crippen LogP contribution is -2.46. The Morgan fingerprint density at radius 2 is 1.77 bits per heavy atom. The van der Waals surface area contributed by atoms with E-state index in [1.165, 1.54) is 5.56 Å². The Labute approximate surface area is 134 Å². The summed E-state index contributed by atoms with van der Waals surface area (Å²) in [5.74, 6) is 0.906. The molecule has 0 aliphatic carbocycles. The van der Waals surface area contributed by atoms with Crippen molar-refractivity contribution in [2.45, 2.75) is 46.6 Å². The molecule has 0 amide bonds. The summed E-state index contributed by atoms with van der Waals surface area (Å²) in [5.41, 5.74) is 1.68. The van der Waals surface area contributed by atoms with Crippen LogP contribution in [0.15, 0.2) is 24.3 Å². The highest BCUT2D eigenvalue weighted by Gasteiger charge is 2.43. The van der Waals surface area contributed by atoms with Gasteiger partial charge in [-0.15, -0.1) is 0 Å². The van der Waals surface area contributed by atoms with Gasteiger partial charge >= 0.3 is 0 Å². The molecule has 1 aliphatic heterocycles. The van der Waals surface area contributed by atoms with Crippen LogP contribution in [0, 0.1) is 22.2 Å². The normalized spacial score (nSPS) is 18.7. The molecule has 0 aromatic heterocycles. The van der Waals surface area contributed by atoms with E-state index in [0.717, 1.165) is 38.2 Å². The molecule has 0 N–H and O–H groups in total. The molecule has 2 rings (SSSR count). The third-order valence-electron chi connectivity index (χ3n) is 5.39. The number of nitriles is 1. The molecule has 0 spiro atoms. The Hall–Kier alpha value is -1.53. The van der Waals surface area contributed by atoms with Gasteiger partial charge in [0.15, 0.2) is 0 Å². The van der Waals surface area contributed by atoms with E-state index in [1.807, 2.05) is 12.1 Å². The van der Waals surface area contributed by atoms with Crippen LogP contribution in [0.2, 0.25) is 0 Å². The first kappa shape index (κ1) is 16.8. The van der Waals surface area contributed by atoms with Gasteiger partial charge in [-0.1, -0.05) is 32.9 Å². The number of rotatable bonds is 4. The number of piperidine rings is 1. The summed E-state index contributed by atoms with van der Waals surface area (Å²) in [5, 5.41) is 9.22. The van der Waals surface area contributed by atoms with E-state index in [-0.39, 0.29) is 10.8 Å². The van der Waals surface area contributed by atoms with Crippen molar-refractivity contribution >= 4 is 0 Å². The van der Waals surface area contributed by atoms with Crippen LogP contribution < -0.4 is 4.74 Å². The molecule has 22 heavy (non-hydrogen) atoms. The predicted octanol–water partition coefficient (Wildman–Crippen LogP) is 4.24. The predicted molar refractivity (Wildman–Crippen MR) is 89.6 cm³/mol. The van der Waals surface area contributed by atoms with Crippen molar-refractivity contribution in [2.75, 3.05) is 20.2 Å². The average molecular weight is 300 g/mol. The van der Waals surface area contributed by atoms with Gasteiger partial charge in [-0.05, 0) is 54.5 Å². The Kier molecular flexibility index (Phi) is 5.13. The quantitative estimate of drug-likeness (QED) is 0.834. The van der Waals surface area contributed by atoms with Crippen molar-refractivity contribution in [3.63, 3.8) is 0 Å². The molecule has 1 heterocycles. The number of hydrogen-bond donors (Lipinski definition) is 0. The van der Waals surface area contributed by atoms with E-state index in [0.29, 0.717) is 6.42 Å². The van der Waals surface area contributed by atoms with Crippen LogP contribution in [0.1, 0.15) is 45.6 Å². The maximum Gasteiger partial charge on any atom is 0.118 e. The average Bonchev–Trinajstić information content (AvgIpc) is 2.49. The Morgan fingerprint density at radius 1 is 1.18 bits per heavy atom. The van der Waals surface area contributed by atoms with Crippen LogP contribution in [0.3, 0.4) is 0 Å². The zero-order valence-electron chi connectivity index (χ0n) is 14.4. The number of ether oxygens (including phenoxy) is 1. The summed E-state index contributed by atoms with van der Waals surface area (Å²) in [6, 6.07) is 10.8. The third kappa shape index (κ3) is 3.62. The van der Waals surface area contributed by atoms with Crippen molar-refractivity contribution in [1.82, 2.24) is 4.90 Å². The molecule has 1 aromatic carbocycles. The Morgan fingerprint density at radius 3 is 2.23 bits per heavy atom. The zero-order valence-corrected chi connectivity index (χ0v) is 14.4. The summed E-state index contributed by atoms with van der Waals surface area (Å²) < 4.78 is 5.21. The second kappa shape index (κ2) is 6.71. The third-order valence-corrected chi connectivity index (χ3v) is 5.39. The lowest BCUT2D eigenvalue weighted by atomic mass is 9.60. The van der Waals surface area contributed by atoms with E-state index < -0.39 is 0 Å². The van der Waals surface area contributed by atoms with Gasteiger partial charge < -0.3 is 4.74 Å². The zero-order chi connectivity index (χ0) is 16.2. The molecule has 1 saturated heterocycles. The fourth-order valence-corrected chi connectivity index (χ4v) is 3.47. The van der Waals surface area contributed by atoms with Gasteiger partial charge in [0.1, 0.15) is 5.75 Å². The first-order chi connectivity index (χ1) is 10.4. The van der Waals surface area contributed by atoms with E-state index in [1.54, 1.807) is 7.11 Å². The van der Waals surface area contributed by atoms with Gasteiger partial charge in [-0.3, -0.25) is 4.90 Å². The monoisotopic (exact) mass is 300 g/mol. The van der Waals surface area contributed by atoms with Gasteiger partial charge in [0.2, 0.25) is 0 Å². The number of likely N-dealkylation sites (tertiary alicyclic amines) is 1. The molecule has 0 saturated carbocycles. The molecule has 120 valence electrons. The van der Waals surface area contributed by atoms with Gasteiger partial charge in [0.25, 0.3) is 0 Å². The lowest BCUT2D eigenvalue weighted by molar-refractivity contribution is 0.00711. The van der Waals surface area contributed by atoms with E-state index in [4.69, 9.17) is 4.74 Å². The molecule has 1 fully saturated rings. The second-order valence-electron chi connectivity index (χ2n) is 7.49. The van der Waals surface area contributed by atoms with Crippen molar-refractivity contribution < 1.29 is 4.74 Å². The highest BCUT2D eigenvalue weighted by Crippen LogP contribution is 2.49. The smallest absolute Gasteiger partial charge is 0.118 e.